The van der Waals surface area contributed by atoms with Crippen molar-refractivity contribution in [3.05, 3.63) is 35.9 Å². The van der Waals surface area contributed by atoms with Crippen LogP contribution in [0.5, 0.6) is 0 Å². The molecule has 2 aliphatic heterocycles. The molecule has 7 nitrogen and oxygen atoms in total. The molecule has 22 heavy (non-hydrogen) atoms. The number of imide groups is 3. The molecule has 2 heterocycles. The summed E-state index contributed by atoms with van der Waals surface area (Å²) >= 11 is 0. The normalized spacial score (nSPS) is 30.2. The van der Waals surface area contributed by atoms with Crippen LogP contribution in [0, 0.1) is 0 Å². The number of ether oxygens (including phenoxy) is 1. The highest BCUT2D eigenvalue weighted by Crippen LogP contribution is 2.42. The minimum Gasteiger partial charge on any atom is -0.346 e. The molecule has 7 heteroatoms. The Morgan fingerprint density at radius 3 is 2.41 bits per heavy atom. The first-order valence-electron chi connectivity index (χ1n) is 6.98. The highest BCUT2D eigenvalue weighted by atomic mass is 16.5. The fraction of sp³-hybridized carbons (Fsp3) is 0.333. The molecule has 1 spiro atoms. The number of amides is 4. The van der Waals surface area contributed by atoms with Crippen LogP contribution >= 0.6 is 0 Å². The van der Waals surface area contributed by atoms with E-state index in [0.717, 1.165) is 5.56 Å². The molecule has 0 aliphatic carbocycles. The van der Waals surface area contributed by atoms with E-state index in [1.807, 2.05) is 30.3 Å². The number of benzene rings is 1. The Hall–Kier alpha value is -2.38. The zero-order chi connectivity index (χ0) is 15.9. The topological polar surface area (TPSA) is 80.8 Å². The Kier molecular flexibility index (Phi) is 3.38. The van der Waals surface area contributed by atoms with Gasteiger partial charge in [-0.15, -0.1) is 0 Å². The van der Waals surface area contributed by atoms with Crippen LogP contribution in [0.25, 0.3) is 0 Å². The predicted octanol–water partition coefficient (Wildman–Crippen LogP) is 0.436. The quantitative estimate of drug-likeness (QED) is 0.197. The molecule has 4 amide bonds. The van der Waals surface area contributed by atoms with Crippen LogP contribution < -0.4 is 0 Å². The molecule has 0 aromatic heterocycles. The van der Waals surface area contributed by atoms with Gasteiger partial charge in [0.15, 0.2) is 6.29 Å². The lowest BCUT2D eigenvalue weighted by Gasteiger charge is -2.18. The average molecular weight is 303 g/mol. The van der Waals surface area contributed by atoms with E-state index in [4.69, 9.17) is 4.74 Å². The van der Waals surface area contributed by atoms with Gasteiger partial charge in [0.2, 0.25) is 0 Å². The molecule has 0 saturated carbocycles. The zero-order valence-corrected chi connectivity index (χ0v) is 12.0. The summed E-state index contributed by atoms with van der Waals surface area (Å²) in [7, 11) is 0. The summed E-state index contributed by atoms with van der Waals surface area (Å²) in [6, 6.07) is 7.18. The van der Waals surface area contributed by atoms with Crippen LogP contribution in [0.4, 0.5) is 4.79 Å². The van der Waals surface area contributed by atoms with Gasteiger partial charge in [0.25, 0.3) is 12.3 Å². The van der Waals surface area contributed by atoms with Gasteiger partial charge < -0.3 is 4.74 Å². The minimum atomic E-state index is -1.22. The summed E-state index contributed by atoms with van der Waals surface area (Å²) in [6.07, 6.45) is -0.778. The second kappa shape index (κ2) is 5.11. The molecule has 3 rings (SSSR count). The summed E-state index contributed by atoms with van der Waals surface area (Å²) in [5.41, 5.74) is 0.811. The second-order valence-corrected chi connectivity index (χ2v) is 5.18. The van der Waals surface area contributed by atoms with Gasteiger partial charge in [0, 0.05) is 6.61 Å². The Morgan fingerprint density at radius 1 is 1.18 bits per heavy atom. The fourth-order valence-electron chi connectivity index (χ4n) is 2.85. The van der Waals surface area contributed by atoms with Crippen LogP contribution in [0.15, 0.2) is 30.3 Å². The molecule has 1 aromatic carbocycles. The summed E-state index contributed by atoms with van der Waals surface area (Å²) in [5.74, 6) is -1.35. The van der Waals surface area contributed by atoms with Crippen molar-refractivity contribution in [2.75, 3.05) is 6.61 Å². The number of hydrogen-bond donors (Lipinski definition) is 0. The van der Waals surface area contributed by atoms with Crippen molar-refractivity contribution in [2.24, 2.45) is 0 Å². The first-order chi connectivity index (χ1) is 10.6. The SMILES string of the molecule is CCOC1C(=O)[N+]2(C(=O)C2C=O)C(=O)N1Cc1ccccc1. The van der Waals surface area contributed by atoms with Gasteiger partial charge in [-0.2, -0.15) is 0 Å². The first kappa shape index (κ1) is 14.6. The van der Waals surface area contributed by atoms with Crippen molar-refractivity contribution < 1.29 is 28.4 Å². The second-order valence-electron chi connectivity index (χ2n) is 5.18. The van der Waals surface area contributed by atoms with Gasteiger partial charge in [-0.05, 0) is 12.5 Å². The van der Waals surface area contributed by atoms with E-state index in [-0.39, 0.29) is 13.2 Å². The molecule has 3 unspecified atom stereocenters. The maximum absolute atomic E-state index is 12.6. The van der Waals surface area contributed by atoms with Crippen LogP contribution in [-0.2, 0) is 25.7 Å². The summed E-state index contributed by atoms with van der Waals surface area (Å²) < 4.78 is 4.30. The molecule has 2 saturated heterocycles. The largest absolute Gasteiger partial charge is 0.438 e. The van der Waals surface area contributed by atoms with E-state index >= 15 is 0 Å². The third kappa shape index (κ3) is 1.76. The van der Waals surface area contributed by atoms with Crippen molar-refractivity contribution in [3.8, 4) is 0 Å². The van der Waals surface area contributed by atoms with Gasteiger partial charge in [-0.25, -0.2) is 19.3 Å². The number of quaternary nitrogens is 1. The molecular formula is C15H15N2O5+. The summed E-state index contributed by atoms with van der Waals surface area (Å²) in [4.78, 5) is 49.1. The van der Waals surface area contributed by atoms with Gasteiger partial charge >= 0.3 is 17.8 Å². The Balaban J connectivity index is 1.94. The first-order valence-corrected chi connectivity index (χ1v) is 6.98. The molecule has 3 atom stereocenters. The van der Waals surface area contributed by atoms with E-state index in [0.29, 0.717) is 6.29 Å². The van der Waals surface area contributed by atoms with Gasteiger partial charge in [-0.1, -0.05) is 34.8 Å². The molecular weight excluding hydrogens is 288 g/mol. The average Bonchev–Trinajstić information content (AvgIpc) is 3.09. The molecule has 0 radical (unpaired) electrons. The number of aldehydes is 1. The van der Waals surface area contributed by atoms with E-state index in [1.165, 1.54) is 4.90 Å². The smallest absolute Gasteiger partial charge is 0.346 e. The molecule has 0 N–H and O–H groups in total. The predicted molar refractivity (Wildman–Crippen MR) is 72.9 cm³/mol. The number of nitrogens with zero attached hydrogens (tertiary/aromatic N) is 2. The van der Waals surface area contributed by atoms with Crippen molar-refractivity contribution in [2.45, 2.75) is 25.7 Å². The number of carbonyl (C=O) groups is 4. The van der Waals surface area contributed by atoms with Crippen LogP contribution in [0.2, 0.25) is 0 Å². The van der Waals surface area contributed by atoms with Crippen LogP contribution in [-0.4, -0.2) is 52.4 Å². The van der Waals surface area contributed by atoms with Crippen molar-refractivity contribution in [1.82, 2.24) is 4.90 Å². The Labute approximate surface area is 126 Å². The number of urea groups is 1. The van der Waals surface area contributed by atoms with Crippen molar-refractivity contribution in [1.29, 1.82) is 0 Å². The monoisotopic (exact) mass is 303 g/mol. The standard InChI is InChI=1S/C15H15N2O5/c1-2-22-12-14(20)17(11(9-18)13(17)19)15(21)16(12)8-10-6-4-3-5-7-10/h3-7,9,11-12H,2,8H2,1H3/q+1. The molecule has 1 aromatic rings. The van der Waals surface area contributed by atoms with Crippen molar-refractivity contribution in [3.63, 3.8) is 0 Å². The lowest BCUT2D eigenvalue weighted by atomic mass is 10.2. The lowest BCUT2D eigenvalue weighted by molar-refractivity contribution is -0.596. The van der Waals surface area contributed by atoms with Gasteiger partial charge in [0.1, 0.15) is 0 Å². The molecule has 2 aliphatic rings. The molecule has 114 valence electrons. The van der Waals surface area contributed by atoms with E-state index in [1.54, 1.807) is 6.92 Å². The van der Waals surface area contributed by atoms with E-state index in [9.17, 15) is 19.2 Å². The third-order valence-electron chi connectivity index (χ3n) is 3.99. The lowest BCUT2D eigenvalue weighted by Crippen LogP contribution is -2.38. The van der Waals surface area contributed by atoms with Crippen LogP contribution in [0.3, 0.4) is 0 Å². The van der Waals surface area contributed by atoms with Gasteiger partial charge in [-0.3, -0.25) is 4.79 Å². The van der Waals surface area contributed by atoms with E-state index in [2.05, 4.69) is 0 Å². The molecule has 2 fully saturated rings. The molecule has 0 bridgehead atoms. The Bertz CT molecular complexity index is 659. The summed E-state index contributed by atoms with van der Waals surface area (Å²) in [5, 5.41) is 0. The fourth-order valence-corrected chi connectivity index (χ4v) is 2.85. The highest BCUT2D eigenvalue weighted by Gasteiger charge is 2.85. The van der Waals surface area contributed by atoms with E-state index < -0.39 is 34.6 Å². The minimum absolute atomic E-state index is 0.148. The summed E-state index contributed by atoms with van der Waals surface area (Å²) in [6.45, 7) is 2.06. The van der Waals surface area contributed by atoms with Crippen molar-refractivity contribution >= 4 is 24.1 Å². The zero-order valence-electron chi connectivity index (χ0n) is 12.0. The Morgan fingerprint density at radius 2 is 1.86 bits per heavy atom. The number of hydrogen-bond acceptors (Lipinski definition) is 5. The highest BCUT2D eigenvalue weighted by molar-refractivity contribution is 6.19. The maximum atomic E-state index is 12.6. The third-order valence-corrected chi connectivity index (χ3v) is 3.99. The number of carbonyl (C=O) groups excluding carboxylic acids is 4. The number of rotatable bonds is 5. The van der Waals surface area contributed by atoms with Gasteiger partial charge in [0.05, 0.1) is 6.54 Å². The van der Waals surface area contributed by atoms with Crippen LogP contribution in [0.1, 0.15) is 12.5 Å². The maximum Gasteiger partial charge on any atom is 0.438 e.